The Kier molecular flexibility index (Phi) is 7.73. The molecule has 0 atom stereocenters. The zero-order valence-corrected chi connectivity index (χ0v) is 19.9. The maximum Gasteiger partial charge on any atom is 0.237 e. The molecule has 2 fully saturated rings. The summed E-state index contributed by atoms with van der Waals surface area (Å²) < 4.78 is 6.44. The Hall–Kier alpha value is -2.06. The lowest BCUT2D eigenvalue weighted by atomic mass is 9.81. The summed E-state index contributed by atoms with van der Waals surface area (Å²) in [6, 6.07) is 16.5. The average Bonchev–Trinajstić information content (AvgIpc) is 2.82. The van der Waals surface area contributed by atoms with Crippen molar-refractivity contribution in [2.75, 3.05) is 44.7 Å². The molecule has 1 amide bonds. The van der Waals surface area contributed by atoms with Crippen molar-refractivity contribution in [2.45, 2.75) is 25.9 Å². The van der Waals surface area contributed by atoms with Crippen molar-refractivity contribution in [3.05, 3.63) is 64.1 Å². The van der Waals surface area contributed by atoms with Crippen LogP contribution in [-0.2, 0) is 27.4 Å². The number of amides is 1. The van der Waals surface area contributed by atoms with E-state index < -0.39 is 5.41 Å². The summed E-state index contributed by atoms with van der Waals surface area (Å²) in [7, 11) is 0. The molecule has 4 rings (SSSR count). The summed E-state index contributed by atoms with van der Waals surface area (Å²) in [4.78, 5) is 29.4. The second kappa shape index (κ2) is 10.7. The number of hydrogen-bond donors (Lipinski definition) is 1. The highest BCUT2D eigenvalue weighted by Crippen LogP contribution is 2.30. The molecular weight excluding hydrogens is 470 g/mol. The maximum absolute atomic E-state index is 12.8. The molecule has 32 heavy (non-hydrogen) atoms. The molecule has 170 valence electrons. The number of ether oxygens (including phenoxy) is 1. The van der Waals surface area contributed by atoms with Crippen molar-refractivity contribution in [1.82, 2.24) is 9.80 Å². The molecule has 0 unspecified atom stereocenters. The second-order valence-electron chi connectivity index (χ2n) is 8.72. The van der Waals surface area contributed by atoms with Gasteiger partial charge in [0.2, 0.25) is 5.91 Å². The Labute approximate surface area is 198 Å². The highest BCUT2D eigenvalue weighted by Gasteiger charge is 2.40. The van der Waals surface area contributed by atoms with E-state index in [1.165, 1.54) is 5.56 Å². The second-order valence-corrected chi connectivity index (χ2v) is 9.64. The summed E-state index contributed by atoms with van der Waals surface area (Å²) in [6.07, 6.45) is 1.67. The van der Waals surface area contributed by atoms with E-state index in [0.29, 0.717) is 26.1 Å². The van der Waals surface area contributed by atoms with Gasteiger partial charge < -0.3 is 14.8 Å². The molecule has 0 aromatic heterocycles. The monoisotopic (exact) mass is 499 g/mol. The summed E-state index contributed by atoms with van der Waals surface area (Å²) in [5.74, 6) is -0.227. The molecule has 0 bridgehead atoms. The quantitative estimate of drug-likeness (QED) is 0.464. The maximum atomic E-state index is 12.8. The van der Waals surface area contributed by atoms with Crippen molar-refractivity contribution in [1.29, 1.82) is 0 Å². The number of piperazine rings is 1. The highest BCUT2D eigenvalue weighted by atomic mass is 79.9. The Morgan fingerprint density at radius 1 is 0.969 bits per heavy atom. The summed E-state index contributed by atoms with van der Waals surface area (Å²) in [6.45, 7) is 6.82. The van der Waals surface area contributed by atoms with E-state index in [0.717, 1.165) is 61.3 Å². The van der Waals surface area contributed by atoms with E-state index in [-0.39, 0.29) is 5.91 Å². The van der Waals surface area contributed by atoms with Gasteiger partial charge in [-0.05, 0) is 48.2 Å². The molecule has 0 spiro atoms. The highest BCUT2D eigenvalue weighted by molar-refractivity contribution is 9.10. The van der Waals surface area contributed by atoms with Crippen LogP contribution in [0.4, 0.5) is 5.69 Å². The van der Waals surface area contributed by atoms with Crippen LogP contribution in [-0.4, -0.2) is 61.4 Å². The number of halogens is 1. The van der Waals surface area contributed by atoms with E-state index in [2.05, 4.69) is 61.4 Å². The summed E-state index contributed by atoms with van der Waals surface area (Å²) in [5, 5.41) is 2.96. The van der Waals surface area contributed by atoms with Crippen LogP contribution in [0.1, 0.15) is 24.0 Å². The van der Waals surface area contributed by atoms with Crippen LogP contribution in [0.25, 0.3) is 0 Å². The number of carbonyl (C=O) groups excluding carboxylic acids is 2. The Bertz CT molecular complexity index is 920. The van der Waals surface area contributed by atoms with E-state index >= 15 is 0 Å². The van der Waals surface area contributed by atoms with Crippen LogP contribution < -0.4 is 5.32 Å². The van der Waals surface area contributed by atoms with Gasteiger partial charge in [-0.25, -0.2) is 0 Å². The van der Waals surface area contributed by atoms with Gasteiger partial charge >= 0.3 is 0 Å². The van der Waals surface area contributed by atoms with E-state index in [1.54, 1.807) is 0 Å². The zero-order chi connectivity index (χ0) is 22.4. The molecule has 0 radical (unpaired) electrons. The van der Waals surface area contributed by atoms with Gasteiger partial charge in [0.15, 0.2) is 0 Å². The molecule has 2 aliphatic heterocycles. The van der Waals surface area contributed by atoms with Gasteiger partial charge in [-0.2, -0.15) is 0 Å². The van der Waals surface area contributed by atoms with Gasteiger partial charge in [0.25, 0.3) is 0 Å². The number of aldehydes is 1. The fourth-order valence-corrected chi connectivity index (χ4v) is 4.61. The van der Waals surface area contributed by atoms with Crippen LogP contribution in [0.3, 0.4) is 0 Å². The van der Waals surface area contributed by atoms with Crippen molar-refractivity contribution >= 4 is 33.8 Å². The first-order chi connectivity index (χ1) is 15.6. The minimum absolute atomic E-state index is 0.227. The molecule has 2 heterocycles. The first kappa shape index (κ1) is 23.1. The normalized spacial score (nSPS) is 19.4. The summed E-state index contributed by atoms with van der Waals surface area (Å²) >= 11 is 3.49. The van der Waals surface area contributed by atoms with Gasteiger partial charge in [0.1, 0.15) is 11.7 Å². The number of nitrogens with zero attached hydrogens (tertiary/aromatic N) is 2. The number of rotatable bonds is 7. The number of benzene rings is 2. The van der Waals surface area contributed by atoms with Gasteiger partial charge in [-0.3, -0.25) is 14.6 Å². The summed E-state index contributed by atoms with van der Waals surface area (Å²) in [5.41, 5.74) is 2.27. The van der Waals surface area contributed by atoms with Crippen molar-refractivity contribution < 1.29 is 14.3 Å². The first-order valence-corrected chi connectivity index (χ1v) is 12.0. The molecule has 0 aliphatic carbocycles. The minimum Gasteiger partial charge on any atom is -0.381 e. The van der Waals surface area contributed by atoms with E-state index in [1.807, 2.05) is 18.2 Å². The molecule has 2 saturated heterocycles. The zero-order valence-electron chi connectivity index (χ0n) is 18.3. The minimum atomic E-state index is -0.973. The molecular formula is C25H30BrN3O3. The van der Waals surface area contributed by atoms with Gasteiger partial charge in [0, 0.05) is 62.6 Å². The van der Waals surface area contributed by atoms with Gasteiger partial charge in [-0.1, -0.05) is 40.2 Å². The number of anilines is 1. The van der Waals surface area contributed by atoms with Crippen LogP contribution in [0, 0.1) is 5.41 Å². The number of nitrogens with one attached hydrogen (secondary N) is 1. The molecule has 2 aliphatic rings. The van der Waals surface area contributed by atoms with Crippen molar-refractivity contribution in [2.24, 2.45) is 5.41 Å². The Morgan fingerprint density at radius 3 is 2.22 bits per heavy atom. The van der Waals surface area contributed by atoms with Crippen LogP contribution >= 0.6 is 15.9 Å². The van der Waals surface area contributed by atoms with Crippen LogP contribution in [0.15, 0.2) is 53.0 Å². The molecule has 2 aromatic carbocycles. The Morgan fingerprint density at radius 2 is 1.59 bits per heavy atom. The average molecular weight is 500 g/mol. The van der Waals surface area contributed by atoms with E-state index in [9.17, 15) is 9.59 Å². The van der Waals surface area contributed by atoms with Gasteiger partial charge in [-0.15, -0.1) is 0 Å². The fourth-order valence-electron chi connectivity index (χ4n) is 4.35. The Balaban J connectivity index is 1.29. The molecule has 1 N–H and O–H groups in total. The molecule has 2 aromatic rings. The largest absolute Gasteiger partial charge is 0.381 e. The molecule has 6 nitrogen and oxygen atoms in total. The number of carbonyl (C=O) groups is 2. The van der Waals surface area contributed by atoms with Crippen LogP contribution in [0.5, 0.6) is 0 Å². The lowest BCUT2D eigenvalue weighted by Gasteiger charge is -2.35. The third kappa shape index (κ3) is 5.84. The molecule has 7 heteroatoms. The third-order valence-electron chi connectivity index (χ3n) is 6.44. The van der Waals surface area contributed by atoms with Gasteiger partial charge in [0.05, 0.1) is 0 Å². The first-order valence-electron chi connectivity index (χ1n) is 11.2. The number of hydrogen-bond acceptors (Lipinski definition) is 5. The SMILES string of the molecule is O=CC1(C(=O)Nc2cccc(CN3CCN(Cc4ccc(Br)cc4)CC3)c2)CCOCC1. The van der Waals surface area contributed by atoms with E-state index in [4.69, 9.17) is 4.74 Å². The topological polar surface area (TPSA) is 61.9 Å². The predicted molar refractivity (Wildman–Crippen MR) is 128 cm³/mol. The molecule has 0 saturated carbocycles. The van der Waals surface area contributed by atoms with Crippen LogP contribution in [0.2, 0.25) is 0 Å². The standard InChI is InChI=1S/C25H30BrN3O3/c26-22-6-4-20(5-7-22)17-28-10-12-29(13-11-28)18-21-2-1-3-23(16-21)27-24(31)25(19-30)8-14-32-15-9-25/h1-7,16,19H,8-15,17-18H2,(H,27,31). The predicted octanol–water partition coefficient (Wildman–Crippen LogP) is 3.70. The third-order valence-corrected chi connectivity index (χ3v) is 6.97. The lowest BCUT2D eigenvalue weighted by Crippen LogP contribution is -2.45. The fraction of sp³-hybridized carbons (Fsp3) is 0.440. The smallest absolute Gasteiger partial charge is 0.237 e. The van der Waals surface area contributed by atoms with Crippen molar-refractivity contribution in [3.63, 3.8) is 0 Å². The lowest BCUT2D eigenvalue weighted by molar-refractivity contribution is -0.138. The van der Waals surface area contributed by atoms with Crippen molar-refractivity contribution in [3.8, 4) is 0 Å².